The van der Waals surface area contributed by atoms with E-state index in [0.717, 1.165) is 19.0 Å². The number of nitrogens with zero attached hydrogens (tertiary/aromatic N) is 2. The van der Waals surface area contributed by atoms with Gasteiger partial charge in [-0.15, -0.1) is 0 Å². The first-order valence-corrected chi connectivity index (χ1v) is 7.73. The molecule has 110 valence electrons. The molecule has 2 rings (SSSR count). The van der Waals surface area contributed by atoms with Gasteiger partial charge in [-0.2, -0.15) is 4.31 Å². The Balaban J connectivity index is 2.31. The van der Waals surface area contributed by atoms with E-state index < -0.39 is 22.0 Å². The maximum absolute atomic E-state index is 12.4. The summed E-state index contributed by atoms with van der Waals surface area (Å²) in [5.41, 5.74) is -0.0682. The average Bonchev–Trinajstić information content (AvgIpc) is 2.47. The van der Waals surface area contributed by atoms with Gasteiger partial charge in [0.15, 0.2) is 5.03 Å². The molecule has 1 fully saturated rings. The monoisotopic (exact) mass is 300 g/mol. The van der Waals surface area contributed by atoms with Gasteiger partial charge in [0.2, 0.25) is 0 Å². The third-order valence-electron chi connectivity index (χ3n) is 3.34. The van der Waals surface area contributed by atoms with Gasteiger partial charge < -0.3 is 10.2 Å². The summed E-state index contributed by atoms with van der Waals surface area (Å²) in [6, 6.07) is 1.96. The standard InChI is InChI=1S/C12H16N2O5S/c15-8-10-3-1-2-6-14(10)20(18,19)11-5-4-9(7-13-11)12(16)17/h4-5,7,10,15H,1-3,6,8H2,(H,16,17). The number of sulfonamides is 1. The number of aromatic carboxylic acids is 1. The maximum Gasteiger partial charge on any atom is 0.337 e. The second-order valence-electron chi connectivity index (χ2n) is 4.64. The Morgan fingerprint density at radius 1 is 1.40 bits per heavy atom. The summed E-state index contributed by atoms with van der Waals surface area (Å²) in [5.74, 6) is -1.16. The van der Waals surface area contributed by atoms with Crippen LogP contribution < -0.4 is 0 Å². The van der Waals surface area contributed by atoms with Gasteiger partial charge in [-0.3, -0.25) is 0 Å². The fourth-order valence-corrected chi connectivity index (χ4v) is 3.85. The number of hydrogen-bond acceptors (Lipinski definition) is 5. The smallest absolute Gasteiger partial charge is 0.337 e. The number of pyridine rings is 1. The number of rotatable bonds is 4. The third-order valence-corrected chi connectivity index (χ3v) is 5.21. The molecule has 0 aromatic carbocycles. The first kappa shape index (κ1) is 14.9. The minimum atomic E-state index is -3.80. The molecule has 1 aliphatic heterocycles. The van der Waals surface area contributed by atoms with Crippen molar-refractivity contribution in [2.75, 3.05) is 13.2 Å². The van der Waals surface area contributed by atoms with Crippen molar-refractivity contribution in [1.82, 2.24) is 9.29 Å². The first-order valence-electron chi connectivity index (χ1n) is 6.29. The summed E-state index contributed by atoms with van der Waals surface area (Å²) >= 11 is 0. The zero-order valence-corrected chi connectivity index (χ0v) is 11.6. The summed E-state index contributed by atoms with van der Waals surface area (Å²) in [7, 11) is -3.80. The molecule has 7 nitrogen and oxygen atoms in total. The zero-order chi connectivity index (χ0) is 14.8. The Morgan fingerprint density at radius 2 is 2.15 bits per heavy atom. The minimum absolute atomic E-state index is 0.0682. The molecule has 8 heteroatoms. The highest BCUT2D eigenvalue weighted by atomic mass is 32.2. The molecule has 20 heavy (non-hydrogen) atoms. The molecule has 1 aromatic heterocycles. The molecule has 1 atom stereocenters. The lowest BCUT2D eigenvalue weighted by Crippen LogP contribution is -2.45. The van der Waals surface area contributed by atoms with Crippen LogP contribution in [0.1, 0.15) is 29.6 Å². The minimum Gasteiger partial charge on any atom is -0.478 e. The molecule has 1 aliphatic rings. The maximum atomic E-state index is 12.4. The molecule has 0 saturated carbocycles. The lowest BCUT2D eigenvalue weighted by atomic mass is 10.1. The number of carboxylic acids is 1. The van der Waals surface area contributed by atoms with Crippen LogP contribution in [0.25, 0.3) is 0 Å². The number of hydrogen-bond donors (Lipinski definition) is 2. The van der Waals surface area contributed by atoms with E-state index >= 15 is 0 Å². The van der Waals surface area contributed by atoms with Crippen molar-refractivity contribution < 1.29 is 23.4 Å². The summed E-state index contributed by atoms with van der Waals surface area (Å²) in [6.07, 6.45) is 3.25. The van der Waals surface area contributed by atoms with Gasteiger partial charge in [0.1, 0.15) is 0 Å². The van der Waals surface area contributed by atoms with Crippen LogP contribution in [0, 0.1) is 0 Å². The summed E-state index contributed by atoms with van der Waals surface area (Å²) < 4.78 is 26.1. The van der Waals surface area contributed by atoms with Crippen molar-refractivity contribution in [2.24, 2.45) is 0 Å². The van der Waals surface area contributed by atoms with Gasteiger partial charge in [0, 0.05) is 18.8 Å². The average molecular weight is 300 g/mol. The van der Waals surface area contributed by atoms with E-state index in [4.69, 9.17) is 5.11 Å². The predicted octanol–water partition coefficient (Wildman–Crippen LogP) is 0.315. The summed E-state index contributed by atoms with van der Waals surface area (Å²) in [4.78, 5) is 14.5. The third kappa shape index (κ3) is 2.82. The molecule has 1 saturated heterocycles. The van der Waals surface area contributed by atoms with E-state index in [2.05, 4.69) is 4.98 Å². The quantitative estimate of drug-likeness (QED) is 0.829. The highest BCUT2D eigenvalue weighted by Gasteiger charge is 2.33. The summed E-state index contributed by atoms with van der Waals surface area (Å²) in [6.45, 7) is 0.113. The van der Waals surface area contributed by atoms with Crippen LogP contribution in [-0.4, -0.2) is 53.1 Å². The van der Waals surface area contributed by atoms with Crippen molar-refractivity contribution in [3.8, 4) is 0 Å². The molecule has 1 aromatic rings. The fourth-order valence-electron chi connectivity index (χ4n) is 2.25. The topological polar surface area (TPSA) is 108 Å². The van der Waals surface area contributed by atoms with Crippen LogP contribution >= 0.6 is 0 Å². The van der Waals surface area contributed by atoms with Crippen molar-refractivity contribution in [3.63, 3.8) is 0 Å². The van der Waals surface area contributed by atoms with Crippen LogP contribution in [0.3, 0.4) is 0 Å². The number of aliphatic hydroxyl groups is 1. The van der Waals surface area contributed by atoms with Gasteiger partial charge in [-0.1, -0.05) is 6.42 Å². The second kappa shape index (κ2) is 5.86. The number of aliphatic hydroxyl groups excluding tert-OH is 1. The largest absolute Gasteiger partial charge is 0.478 e. The van der Waals surface area contributed by atoms with E-state index in [9.17, 15) is 18.3 Å². The van der Waals surface area contributed by atoms with Gasteiger partial charge in [0.05, 0.1) is 12.2 Å². The van der Waals surface area contributed by atoms with Crippen LogP contribution in [0.2, 0.25) is 0 Å². The molecule has 1 unspecified atom stereocenters. The molecule has 0 aliphatic carbocycles. The van der Waals surface area contributed by atoms with Gasteiger partial charge >= 0.3 is 5.97 Å². The Morgan fingerprint density at radius 3 is 2.70 bits per heavy atom. The van der Waals surface area contributed by atoms with Crippen molar-refractivity contribution >= 4 is 16.0 Å². The Hall–Kier alpha value is -1.51. The Bertz CT molecular complexity index is 584. The van der Waals surface area contributed by atoms with E-state index in [0.29, 0.717) is 13.0 Å². The van der Waals surface area contributed by atoms with Crippen LogP contribution in [0.15, 0.2) is 23.4 Å². The Labute approximate surface area is 116 Å². The molecule has 2 heterocycles. The SMILES string of the molecule is O=C(O)c1ccc(S(=O)(=O)N2CCCCC2CO)nc1. The van der Waals surface area contributed by atoms with Crippen LogP contribution in [0.5, 0.6) is 0 Å². The number of aromatic nitrogens is 1. The highest BCUT2D eigenvalue weighted by molar-refractivity contribution is 7.89. The molecular weight excluding hydrogens is 284 g/mol. The van der Waals surface area contributed by atoms with E-state index in [1.54, 1.807) is 0 Å². The lowest BCUT2D eigenvalue weighted by Gasteiger charge is -2.33. The van der Waals surface area contributed by atoms with Crippen molar-refractivity contribution in [2.45, 2.75) is 30.3 Å². The normalized spacial score (nSPS) is 20.8. The Kier molecular flexibility index (Phi) is 4.36. The summed E-state index contributed by atoms with van der Waals surface area (Å²) in [5, 5.41) is 17.9. The van der Waals surface area contributed by atoms with Crippen molar-refractivity contribution in [1.29, 1.82) is 0 Å². The molecule has 0 amide bonds. The van der Waals surface area contributed by atoms with Gasteiger partial charge in [0.25, 0.3) is 10.0 Å². The predicted molar refractivity (Wildman–Crippen MR) is 69.8 cm³/mol. The molecular formula is C12H16N2O5S. The number of carbonyl (C=O) groups is 1. The van der Waals surface area contributed by atoms with Crippen LogP contribution in [-0.2, 0) is 10.0 Å². The molecule has 2 N–H and O–H groups in total. The molecule has 0 bridgehead atoms. The lowest BCUT2D eigenvalue weighted by molar-refractivity contribution is 0.0696. The number of piperidine rings is 1. The van der Waals surface area contributed by atoms with E-state index in [1.165, 1.54) is 16.4 Å². The molecule has 0 radical (unpaired) electrons. The van der Waals surface area contributed by atoms with Crippen molar-refractivity contribution in [3.05, 3.63) is 23.9 Å². The van der Waals surface area contributed by atoms with E-state index in [1.807, 2.05) is 0 Å². The van der Waals surface area contributed by atoms with Crippen LogP contribution in [0.4, 0.5) is 0 Å². The molecule has 0 spiro atoms. The number of carboxylic acid groups (broad SMARTS) is 1. The second-order valence-corrected chi connectivity index (χ2v) is 6.48. The zero-order valence-electron chi connectivity index (χ0n) is 10.8. The first-order chi connectivity index (χ1) is 9.46. The fraction of sp³-hybridized carbons (Fsp3) is 0.500. The van der Waals surface area contributed by atoms with Gasteiger partial charge in [-0.05, 0) is 25.0 Å². The highest BCUT2D eigenvalue weighted by Crippen LogP contribution is 2.24. The van der Waals surface area contributed by atoms with E-state index in [-0.39, 0.29) is 17.2 Å². The van der Waals surface area contributed by atoms with Gasteiger partial charge in [-0.25, -0.2) is 18.2 Å².